The minimum atomic E-state index is -0.653. The summed E-state index contributed by atoms with van der Waals surface area (Å²) < 4.78 is 11.5. The first-order valence-corrected chi connectivity index (χ1v) is 6.86. The number of pyridine rings is 1. The van der Waals surface area contributed by atoms with Gasteiger partial charge in [0, 0.05) is 26.0 Å². The molecule has 0 bridgehead atoms. The number of esters is 1. The van der Waals surface area contributed by atoms with Crippen LogP contribution in [0.4, 0.5) is 0 Å². The van der Waals surface area contributed by atoms with Crippen LogP contribution >= 0.6 is 11.6 Å². The summed E-state index contributed by atoms with van der Waals surface area (Å²) in [6, 6.07) is 1.22. The summed E-state index contributed by atoms with van der Waals surface area (Å²) in [7, 11) is 1.60. The summed E-state index contributed by atoms with van der Waals surface area (Å²) in [5.41, 5.74) is -0.445. The second-order valence-corrected chi connectivity index (χ2v) is 5.31. The largest absolute Gasteiger partial charge is 0.459 e. The zero-order valence-electron chi connectivity index (χ0n) is 12.2. The lowest BCUT2D eigenvalue weighted by Crippen LogP contribution is -2.30. The van der Waals surface area contributed by atoms with Crippen molar-refractivity contribution in [3.63, 3.8) is 0 Å². The number of ether oxygens (including phenoxy) is 2. The highest BCUT2D eigenvalue weighted by Gasteiger charge is 2.18. The second-order valence-electron chi connectivity index (χ2n) is 4.87. The van der Waals surface area contributed by atoms with Crippen LogP contribution in [0.25, 0.3) is 0 Å². The lowest BCUT2D eigenvalue weighted by atomic mass is 10.2. The molecule has 0 aromatic carbocycles. The van der Waals surface area contributed by atoms with E-state index in [0.717, 1.165) is 0 Å². The Bertz CT molecular complexity index is 524. The molecule has 112 valence electrons. The molecule has 1 unspecified atom stereocenters. The Labute approximate surface area is 123 Å². The summed E-state index contributed by atoms with van der Waals surface area (Å²) in [6.07, 6.45) is 1.88. The molecule has 20 heavy (non-hydrogen) atoms. The molecule has 1 rings (SSSR count). The second kappa shape index (κ2) is 7.45. The Hall–Kier alpha value is -1.33. The van der Waals surface area contributed by atoms with Gasteiger partial charge in [0.15, 0.2) is 0 Å². The van der Waals surface area contributed by atoms with E-state index < -0.39 is 11.5 Å². The summed E-state index contributed by atoms with van der Waals surface area (Å²) in [4.78, 5) is 24.2. The van der Waals surface area contributed by atoms with Crippen molar-refractivity contribution in [2.24, 2.45) is 0 Å². The number of carbonyl (C=O) groups excluding carboxylic acids is 1. The van der Waals surface area contributed by atoms with E-state index in [2.05, 4.69) is 0 Å². The highest BCUT2D eigenvalue weighted by molar-refractivity contribution is 6.30. The normalized spacial score (nSPS) is 12.5. The Balaban J connectivity index is 3.13. The fourth-order valence-corrected chi connectivity index (χ4v) is 1.96. The van der Waals surface area contributed by atoms with Gasteiger partial charge in [-0.3, -0.25) is 4.79 Å². The SMILES string of the molecule is COCCC(C)n1cc(Cl)cc(C(=O)OC(C)C)c1=O. The zero-order chi connectivity index (χ0) is 15.3. The fraction of sp³-hybridized carbons (Fsp3) is 0.571. The quantitative estimate of drug-likeness (QED) is 0.758. The maximum atomic E-state index is 12.3. The lowest BCUT2D eigenvalue weighted by Gasteiger charge is -2.16. The third-order valence-corrected chi connectivity index (χ3v) is 2.99. The number of aromatic nitrogens is 1. The topological polar surface area (TPSA) is 57.5 Å². The molecule has 0 N–H and O–H groups in total. The molecule has 0 fully saturated rings. The van der Waals surface area contributed by atoms with E-state index in [0.29, 0.717) is 18.1 Å². The minimum absolute atomic E-state index is 0.0459. The van der Waals surface area contributed by atoms with Gasteiger partial charge in [-0.2, -0.15) is 0 Å². The van der Waals surface area contributed by atoms with Crippen LogP contribution in [0.1, 0.15) is 43.6 Å². The van der Waals surface area contributed by atoms with E-state index in [-0.39, 0.29) is 17.7 Å². The Kier molecular flexibility index (Phi) is 6.23. The van der Waals surface area contributed by atoms with Crippen LogP contribution < -0.4 is 5.56 Å². The number of hydrogen-bond donors (Lipinski definition) is 0. The van der Waals surface area contributed by atoms with Crippen molar-refractivity contribution in [1.29, 1.82) is 0 Å². The molecular formula is C14H20ClNO4. The smallest absolute Gasteiger partial charge is 0.344 e. The number of nitrogens with zero attached hydrogens (tertiary/aromatic N) is 1. The van der Waals surface area contributed by atoms with Gasteiger partial charge in [0.05, 0.1) is 11.1 Å². The van der Waals surface area contributed by atoms with Crippen LogP contribution in [0.2, 0.25) is 5.02 Å². The van der Waals surface area contributed by atoms with Gasteiger partial charge in [0.1, 0.15) is 5.56 Å². The predicted octanol–water partition coefficient (Wildman–Crippen LogP) is 2.66. The van der Waals surface area contributed by atoms with Gasteiger partial charge in [-0.25, -0.2) is 4.79 Å². The van der Waals surface area contributed by atoms with Crippen molar-refractivity contribution >= 4 is 17.6 Å². The molecule has 1 aromatic rings. The molecule has 0 aliphatic carbocycles. The highest BCUT2D eigenvalue weighted by Crippen LogP contribution is 2.15. The van der Waals surface area contributed by atoms with Gasteiger partial charge in [0.2, 0.25) is 0 Å². The zero-order valence-corrected chi connectivity index (χ0v) is 12.9. The molecule has 0 aliphatic heterocycles. The van der Waals surface area contributed by atoms with Gasteiger partial charge < -0.3 is 14.0 Å². The van der Waals surface area contributed by atoms with Crippen LogP contribution in [0.3, 0.4) is 0 Å². The molecule has 0 amide bonds. The predicted molar refractivity (Wildman–Crippen MR) is 77.5 cm³/mol. The van der Waals surface area contributed by atoms with E-state index in [1.807, 2.05) is 6.92 Å². The number of carbonyl (C=O) groups is 1. The summed E-state index contributed by atoms with van der Waals surface area (Å²) in [5.74, 6) is -0.653. The monoisotopic (exact) mass is 301 g/mol. The van der Waals surface area contributed by atoms with Crippen LogP contribution in [-0.4, -0.2) is 30.4 Å². The molecule has 0 saturated carbocycles. The van der Waals surface area contributed by atoms with Gasteiger partial charge in [-0.1, -0.05) is 11.6 Å². The van der Waals surface area contributed by atoms with Crippen molar-refractivity contribution in [2.75, 3.05) is 13.7 Å². The van der Waals surface area contributed by atoms with Crippen LogP contribution in [0.15, 0.2) is 17.1 Å². The van der Waals surface area contributed by atoms with E-state index >= 15 is 0 Å². The van der Waals surface area contributed by atoms with Gasteiger partial charge in [-0.05, 0) is 33.3 Å². The number of hydrogen-bond acceptors (Lipinski definition) is 4. The molecule has 0 radical (unpaired) electrons. The van der Waals surface area contributed by atoms with Crippen molar-refractivity contribution in [3.8, 4) is 0 Å². The molecule has 5 nitrogen and oxygen atoms in total. The average Bonchev–Trinajstić information content (AvgIpc) is 2.37. The molecule has 0 saturated heterocycles. The first-order valence-electron chi connectivity index (χ1n) is 6.48. The fourth-order valence-electron chi connectivity index (χ4n) is 1.75. The van der Waals surface area contributed by atoms with Crippen LogP contribution in [0.5, 0.6) is 0 Å². The maximum Gasteiger partial charge on any atom is 0.344 e. The average molecular weight is 302 g/mol. The molecule has 1 heterocycles. The van der Waals surface area contributed by atoms with Crippen molar-refractivity contribution < 1.29 is 14.3 Å². The number of halogens is 1. The van der Waals surface area contributed by atoms with Crippen molar-refractivity contribution in [2.45, 2.75) is 39.3 Å². The van der Waals surface area contributed by atoms with Crippen molar-refractivity contribution in [1.82, 2.24) is 4.57 Å². The van der Waals surface area contributed by atoms with Crippen LogP contribution in [0, 0.1) is 0 Å². The van der Waals surface area contributed by atoms with Gasteiger partial charge in [-0.15, -0.1) is 0 Å². The third kappa shape index (κ3) is 4.35. The van der Waals surface area contributed by atoms with Gasteiger partial charge >= 0.3 is 5.97 Å². The molecule has 0 spiro atoms. The summed E-state index contributed by atoms with van der Waals surface area (Å²) >= 11 is 5.98. The maximum absolute atomic E-state index is 12.3. The standard InChI is InChI=1S/C14H20ClNO4/c1-9(2)20-14(18)12-7-11(15)8-16(13(12)17)10(3)5-6-19-4/h7-10H,5-6H2,1-4H3. The first kappa shape index (κ1) is 16.7. The van der Waals surface area contributed by atoms with E-state index in [9.17, 15) is 9.59 Å². The summed E-state index contributed by atoms with van der Waals surface area (Å²) in [6.45, 7) is 5.84. The van der Waals surface area contributed by atoms with E-state index in [1.165, 1.54) is 16.8 Å². The van der Waals surface area contributed by atoms with E-state index in [1.54, 1.807) is 21.0 Å². The summed E-state index contributed by atoms with van der Waals surface area (Å²) in [5, 5.41) is 0.324. The number of rotatable bonds is 6. The molecule has 1 aromatic heterocycles. The Morgan fingerprint density at radius 2 is 2.05 bits per heavy atom. The highest BCUT2D eigenvalue weighted by atomic mass is 35.5. The molecular weight excluding hydrogens is 282 g/mol. The molecule has 6 heteroatoms. The molecule has 1 atom stereocenters. The number of methoxy groups -OCH3 is 1. The van der Waals surface area contributed by atoms with E-state index in [4.69, 9.17) is 21.1 Å². The lowest BCUT2D eigenvalue weighted by molar-refractivity contribution is 0.0375. The Morgan fingerprint density at radius 3 is 2.60 bits per heavy atom. The van der Waals surface area contributed by atoms with Gasteiger partial charge in [0.25, 0.3) is 5.56 Å². The minimum Gasteiger partial charge on any atom is -0.459 e. The molecule has 0 aliphatic rings. The van der Waals surface area contributed by atoms with Crippen LogP contribution in [-0.2, 0) is 9.47 Å². The van der Waals surface area contributed by atoms with Crippen molar-refractivity contribution in [3.05, 3.63) is 33.2 Å². The first-order chi connectivity index (χ1) is 9.36. The third-order valence-electron chi connectivity index (χ3n) is 2.79. The Morgan fingerprint density at radius 1 is 1.40 bits per heavy atom.